The molecular formula is C14H15ClO3. The summed E-state index contributed by atoms with van der Waals surface area (Å²) in [5.74, 6) is 1.96. The van der Waals surface area contributed by atoms with Crippen LogP contribution in [-0.2, 0) is 6.42 Å². The molecule has 0 amide bonds. The Bertz CT molecular complexity index is 534. The van der Waals surface area contributed by atoms with Crippen LogP contribution in [0.5, 0.6) is 5.75 Å². The largest absolute Gasteiger partial charge is 0.495 e. The standard InChI is InChI=1S/C14H15ClO3/c1-3-10-5-7-13(18-10)14(16)9-4-6-12(17-2)11(15)8-9/h4-8,14,16H,3H2,1-2H3. The van der Waals surface area contributed by atoms with E-state index in [0.717, 1.165) is 12.2 Å². The topological polar surface area (TPSA) is 42.6 Å². The molecule has 0 saturated carbocycles. The number of benzene rings is 1. The van der Waals surface area contributed by atoms with Gasteiger partial charge in [-0.25, -0.2) is 0 Å². The van der Waals surface area contributed by atoms with E-state index in [2.05, 4.69) is 0 Å². The summed E-state index contributed by atoms with van der Waals surface area (Å²) in [4.78, 5) is 0. The first kappa shape index (κ1) is 13.0. The molecule has 0 aliphatic rings. The average Bonchev–Trinajstić information content (AvgIpc) is 2.86. The lowest BCUT2D eigenvalue weighted by molar-refractivity contribution is 0.187. The number of ether oxygens (including phenoxy) is 1. The molecule has 0 fully saturated rings. The van der Waals surface area contributed by atoms with Crippen molar-refractivity contribution in [3.8, 4) is 5.75 Å². The maximum atomic E-state index is 10.2. The fourth-order valence-corrected chi connectivity index (χ4v) is 2.01. The number of methoxy groups -OCH3 is 1. The third-order valence-corrected chi connectivity index (χ3v) is 3.09. The highest BCUT2D eigenvalue weighted by Crippen LogP contribution is 2.30. The van der Waals surface area contributed by atoms with E-state index in [9.17, 15) is 5.11 Å². The highest BCUT2D eigenvalue weighted by Gasteiger charge is 2.16. The predicted octanol–water partition coefficient (Wildman–Crippen LogP) is 3.59. The monoisotopic (exact) mass is 266 g/mol. The molecule has 3 nitrogen and oxygen atoms in total. The molecule has 1 atom stereocenters. The van der Waals surface area contributed by atoms with Crippen molar-refractivity contribution in [3.63, 3.8) is 0 Å². The van der Waals surface area contributed by atoms with Gasteiger partial charge < -0.3 is 14.3 Å². The minimum absolute atomic E-state index is 0.469. The van der Waals surface area contributed by atoms with Gasteiger partial charge in [0.1, 0.15) is 23.4 Å². The zero-order chi connectivity index (χ0) is 13.1. The van der Waals surface area contributed by atoms with Gasteiger partial charge in [-0.15, -0.1) is 0 Å². The lowest BCUT2D eigenvalue weighted by atomic mass is 10.1. The van der Waals surface area contributed by atoms with Crippen molar-refractivity contribution in [3.05, 3.63) is 52.4 Å². The van der Waals surface area contributed by atoms with Crippen molar-refractivity contribution < 1.29 is 14.3 Å². The van der Waals surface area contributed by atoms with Crippen molar-refractivity contribution in [2.45, 2.75) is 19.4 Å². The number of aliphatic hydroxyl groups excluding tert-OH is 1. The van der Waals surface area contributed by atoms with Crippen LogP contribution in [0.2, 0.25) is 5.02 Å². The molecule has 0 radical (unpaired) electrons. The summed E-state index contributed by atoms with van der Waals surface area (Å²) in [5, 5.41) is 10.7. The van der Waals surface area contributed by atoms with Gasteiger partial charge in [-0.1, -0.05) is 24.6 Å². The smallest absolute Gasteiger partial charge is 0.137 e. The Morgan fingerprint density at radius 3 is 2.67 bits per heavy atom. The Morgan fingerprint density at radius 1 is 1.33 bits per heavy atom. The molecule has 4 heteroatoms. The van der Waals surface area contributed by atoms with Crippen LogP contribution in [0.25, 0.3) is 0 Å². The quantitative estimate of drug-likeness (QED) is 0.920. The number of aliphatic hydroxyl groups is 1. The average molecular weight is 267 g/mol. The van der Waals surface area contributed by atoms with E-state index >= 15 is 0 Å². The minimum Gasteiger partial charge on any atom is -0.495 e. The Balaban J connectivity index is 2.27. The molecule has 18 heavy (non-hydrogen) atoms. The van der Waals surface area contributed by atoms with Crippen LogP contribution in [-0.4, -0.2) is 12.2 Å². The fraction of sp³-hybridized carbons (Fsp3) is 0.286. The predicted molar refractivity (Wildman–Crippen MR) is 70.2 cm³/mol. The van der Waals surface area contributed by atoms with E-state index in [-0.39, 0.29) is 0 Å². The second-order valence-corrected chi connectivity index (χ2v) is 4.36. The van der Waals surface area contributed by atoms with Crippen LogP contribution in [0.1, 0.15) is 30.1 Å². The van der Waals surface area contributed by atoms with Crippen LogP contribution in [0.3, 0.4) is 0 Å². The van der Waals surface area contributed by atoms with Crippen LogP contribution < -0.4 is 4.74 Å². The molecule has 2 rings (SSSR count). The SMILES string of the molecule is CCc1ccc(C(O)c2ccc(OC)c(Cl)c2)o1. The molecule has 0 bridgehead atoms. The first-order valence-electron chi connectivity index (χ1n) is 5.75. The first-order valence-corrected chi connectivity index (χ1v) is 6.13. The summed E-state index contributed by atoms with van der Waals surface area (Å²) in [5.41, 5.74) is 0.679. The molecule has 96 valence electrons. The lowest BCUT2D eigenvalue weighted by Gasteiger charge is -2.10. The molecule has 0 saturated heterocycles. The Kier molecular flexibility index (Phi) is 3.94. The number of furan rings is 1. The van der Waals surface area contributed by atoms with Crippen LogP contribution in [0.15, 0.2) is 34.7 Å². The van der Waals surface area contributed by atoms with E-state index in [4.69, 9.17) is 20.8 Å². The van der Waals surface area contributed by atoms with Gasteiger partial charge in [0.2, 0.25) is 0 Å². The van der Waals surface area contributed by atoms with Crippen molar-refractivity contribution in [2.24, 2.45) is 0 Å². The van der Waals surface area contributed by atoms with Gasteiger partial charge in [-0.2, -0.15) is 0 Å². The zero-order valence-electron chi connectivity index (χ0n) is 10.3. The molecular weight excluding hydrogens is 252 g/mol. The summed E-state index contributed by atoms with van der Waals surface area (Å²) in [7, 11) is 1.55. The van der Waals surface area contributed by atoms with Gasteiger partial charge in [-0.05, 0) is 29.8 Å². The normalized spacial score (nSPS) is 12.4. The second-order valence-electron chi connectivity index (χ2n) is 3.95. The lowest BCUT2D eigenvalue weighted by Crippen LogP contribution is -1.98. The molecule has 1 N–H and O–H groups in total. The summed E-state index contributed by atoms with van der Waals surface area (Å²) in [6.45, 7) is 2.00. The molecule has 0 spiro atoms. The third-order valence-electron chi connectivity index (χ3n) is 2.79. The number of rotatable bonds is 4. The van der Waals surface area contributed by atoms with Gasteiger partial charge in [0, 0.05) is 6.42 Å². The maximum absolute atomic E-state index is 10.2. The Labute approximate surface area is 111 Å². The van der Waals surface area contributed by atoms with Gasteiger partial charge in [0.25, 0.3) is 0 Å². The van der Waals surface area contributed by atoms with E-state index < -0.39 is 6.10 Å². The van der Waals surface area contributed by atoms with Crippen LogP contribution in [0.4, 0.5) is 0 Å². The molecule has 1 aromatic carbocycles. The van der Waals surface area contributed by atoms with Gasteiger partial charge in [-0.3, -0.25) is 0 Å². The van der Waals surface area contributed by atoms with Crippen molar-refractivity contribution >= 4 is 11.6 Å². The molecule has 0 aliphatic heterocycles. The van der Waals surface area contributed by atoms with E-state index in [1.165, 1.54) is 0 Å². The molecule has 1 heterocycles. The number of hydrogen-bond acceptors (Lipinski definition) is 3. The minimum atomic E-state index is -0.811. The van der Waals surface area contributed by atoms with Gasteiger partial charge >= 0.3 is 0 Å². The highest BCUT2D eigenvalue weighted by molar-refractivity contribution is 6.32. The number of halogens is 1. The second kappa shape index (κ2) is 5.46. The Morgan fingerprint density at radius 2 is 2.11 bits per heavy atom. The van der Waals surface area contributed by atoms with Gasteiger partial charge in [0.15, 0.2) is 0 Å². The molecule has 0 aliphatic carbocycles. The summed E-state index contributed by atoms with van der Waals surface area (Å²) in [6, 6.07) is 8.82. The van der Waals surface area contributed by atoms with E-state index in [1.54, 1.807) is 31.4 Å². The molecule has 1 unspecified atom stereocenters. The summed E-state index contributed by atoms with van der Waals surface area (Å²) < 4.78 is 10.6. The van der Waals surface area contributed by atoms with Crippen LogP contribution >= 0.6 is 11.6 Å². The third kappa shape index (κ3) is 2.52. The Hall–Kier alpha value is -1.45. The first-order chi connectivity index (χ1) is 8.65. The highest BCUT2D eigenvalue weighted by atomic mass is 35.5. The number of aryl methyl sites for hydroxylation is 1. The van der Waals surface area contributed by atoms with E-state index in [1.807, 2.05) is 13.0 Å². The summed E-state index contributed by atoms with van der Waals surface area (Å²) >= 11 is 6.03. The van der Waals surface area contributed by atoms with Crippen molar-refractivity contribution in [1.29, 1.82) is 0 Å². The van der Waals surface area contributed by atoms with Crippen molar-refractivity contribution in [1.82, 2.24) is 0 Å². The summed E-state index contributed by atoms with van der Waals surface area (Å²) in [6.07, 6.45) is -0.00971. The van der Waals surface area contributed by atoms with Crippen molar-refractivity contribution in [2.75, 3.05) is 7.11 Å². The molecule has 1 aromatic heterocycles. The maximum Gasteiger partial charge on any atom is 0.137 e. The van der Waals surface area contributed by atoms with E-state index in [0.29, 0.717) is 22.1 Å². The fourth-order valence-electron chi connectivity index (χ4n) is 1.75. The van der Waals surface area contributed by atoms with Gasteiger partial charge in [0.05, 0.1) is 12.1 Å². The molecule has 2 aromatic rings. The van der Waals surface area contributed by atoms with Crippen LogP contribution in [0, 0.1) is 0 Å². The number of hydrogen-bond donors (Lipinski definition) is 1. The zero-order valence-corrected chi connectivity index (χ0v) is 11.1.